The van der Waals surface area contributed by atoms with Crippen LogP contribution in [0.4, 0.5) is 0 Å². The Morgan fingerprint density at radius 2 is 1.62 bits per heavy atom. The third kappa shape index (κ3) is 4.96. The van der Waals surface area contributed by atoms with E-state index in [-0.39, 0.29) is 0 Å². The number of nitrogens with one attached hydrogen (secondary N) is 1. The molecule has 1 aliphatic rings. The summed E-state index contributed by atoms with van der Waals surface area (Å²) in [6, 6.07) is 0.659. The monoisotopic (exact) mass is 296 g/mol. The highest BCUT2D eigenvalue weighted by Crippen LogP contribution is 2.34. The highest BCUT2D eigenvalue weighted by atomic mass is 15.2. The first-order valence-electron chi connectivity index (χ1n) is 9.62. The summed E-state index contributed by atoms with van der Waals surface area (Å²) < 4.78 is 0. The standard InChI is InChI=1S/C19H40N2/c1-6-12-17(5)16-18(20-13-7-2)19(8-3,9-4)21-14-10-11-15-21/h17-18,20H,6-16H2,1-5H3. The van der Waals surface area contributed by atoms with Gasteiger partial charge in [-0.05, 0) is 64.1 Å². The zero-order valence-corrected chi connectivity index (χ0v) is 15.4. The zero-order valence-electron chi connectivity index (χ0n) is 15.4. The van der Waals surface area contributed by atoms with Crippen molar-refractivity contribution in [2.75, 3.05) is 19.6 Å². The summed E-state index contributed by atoms with van der Waals surface area (Å²) in [4.78, 5) is 2.82. The van der Waals surface area contributed by atoms with Crippen molar-refractivity contribution in [2.45, 2.75) is 97.6 Å². The molecule has 0 radical (unpaired) electrons. The largest absolute Gasteiger partial charge is 0.312 e. The molecule has 2 unspecified atom stereocenters. The van der Waals surface area contributed by atoms with Crippen LogP contribution in [0.25, 0.3) is 0 Å². The average Bonchev–Trinajstić information content (AvgIpc) is 3.01. The Hall–Kier alpha value is -0.0800. The first-order valence-corrected chi connectivity index (χ1v) is 9.62. The number of rotatable bonds is 11. The Morgan fingerprint density at radius 3 is 2.10 bits per heavy atom. The molecule has 0 aromatic rings. The summed E-state index contributed by atoms with van der Waals surface area (Å²) >= 11 is 0. The maximum Gasteiger partial charge on any atom is 0.0357 e. The minimum atomic E-state index is 0.383. The highest BCUT2D eigenvalue weighted by Gasteiger charge is 2.41. The molecule has 0 aliphatic carbocycles. The summed E-state index contributed by atoms with van der Waals surface area (Å²) in [5.41, 5.74) is 0.383. The van der Waals surface area contributed by atoms with Gasteiger partial charge in [0.2, 0.25) is 0 Å². The van der Waals surface area contributed by atoms with Crippen LogP contribution in [0.15, 0.2) is 0 Å². The van der Waals surface area contributed by atoms with E-state index < -0.39 is 0 Å². The van der Waals surface area contributed by atoms with Crippen LogP contribution in [0.1, 0.15) is 86.0 Å². The van der Waals surface area contributed by atoms with Crippen LogP contribution in [0.2, 0.25) is 0 Å². The minimum Gasteiger partial charge on any atom is -0.312 e. The van der Waals surface area contributed by atoms with Crippen LogP contribution in [0, 0.1) is 5.92 Å². The number of nitrogens with zero attached hydrogens (tertiary/aromatic N) is 1. The molecule has 1 aliphatic heterocycles. The van der Waals surface area contributed by atoms with Crippen molar-refractivity contribution in [1.29, 1.82) is 0 Å². The molecule has 1 N–H and O–H groups in total. The third-order valence-corrected chi connectivity index (χ3v) is 5.67. The van der Waals surface area contributed by atoms with Crippen LogP contribution >= 0.6 is 0 Å². The fraction of sp³-hybridized carbons (Fsp3) is 1.00. The van der Waals surface area contributed by atoms with Crippen LogP contribution in [0.3, 0.4) is 0 Å². The minimum absolute atomic E-state index is 0.383. The van der Waals surface area contributed by atoms with Crippen molar-refractivity contribution in [3.63, 3.8) is 0 Å². The van der Waals surface area contributed by atoms with Crippen LogP contribution in [-0.4, -0.2) is 36.1 Å². The average molecular weight is 297 g/mol. The summed E-state index contributed by atoms with van der Waals surface area (Å²) in [6.07, 6.45) is 10.6. The van der Waals surface area contributed by atoms with Gasteiger partial charge in [-0.1, -0.05) is 47.5 Å². The van der Waals surface area contributed by atoms with Crippen LogP contribution in [-0.2, 0) is 0 Å². The van der Waals surface area contributed by atoms with E-state index in [1.165, 1.54) is 71.0 Å². The molecular weight excluding hydrogens is 256 g/mol. The predicted octanol–water partition coefficient (Wildman–Crippen LogP) is 4.84. The molecule has 2 nitrogen and oxygen atoms in total. The Balaban J connectivity index is 2.87. The van der Waals surface area contributed by atoms with Crippen molar-refractivity contribution >= 4 is 0 Å². The molecule has 21 heavy (non-hydrogen) atoms. The molecule has 0 aromatic carbocycles. The first kappa shape index (κ1) is 19.0. The lowest BCUT2D eigenvalue weighted by Gasteiger charge is -2.48. The Morgan fingerprint density at radius 1 is 1.00 bits per heavy atom. The summed E-state index contributed by atoms with van der Waals surface area (Å²) in [7, 11) is 0. The molecule has 1 heterocycles. The van der Waals surface area contributed by atoms with Gasteiger partial charge in [0.1, 0.15) is 0 Å². The second-order valence-corrected chi connectivity index (χ2v) is 7.14. The van der Waals surface area contributed by atoms with Gasteiger partial charge in [-0.15, -0.1) is 0 Å². The van der Waals surface area contributed by atoms with E-state index in [0.29, 0.717) is 11.6 Å². The molecule has 2 atom stereocenters. The second kappa shape index (κ2) is 9.84. The third-order valence-electron chi connectivity index (χ3n) is 5.67. The lowest BCUT2D eigenvalue weighted by molar-refractivity contribution is 0.0521. The first-order chi connectivity index (χ1) is 10.1. The van der Waals surface area contributed by atoms with Gasteiger partial charge in [-0.2, -0.15) is 0 Å². The quantitative estimate of drug-likeness (QED) is 0.587. The van der Waals surface area contributed by atoms with E-state index >= 15 is 0 Å². The predicted molar refractivity (Wildman–Crippen MR) is 94.9 cm³/mol. The van der Waals surface area contributed by atoms with E-state index in [9.17, 15) is 0 Å². The summed E-state index contributed by atoms with van der Waals surface area (Å²) in [6.45, 7) is 15.7. The van der Waals surface area contributed by atoms with Gasteiger partial charge >= 0.3 is 0 Å². The Kier molecular flexibility index (Phi) is 8.89. The molecule has 2 heteroatoms. The molecule has 126 valence electrons. The van der Waals surface area contributed by atoms with Gasteiger partial charge in [-0.3, -0.25) is 4.90 Å². The van der Waals surface area contributed by atoms with E-state index in [1.807, 2.05) is 0 Å². The molecule has 1 rings (SSSR count). The highest BCUT2D eigenvalue weighted by molar-refractivity contribution is 5.00. The normalized spacial score (nSPS) is 19.9. The Bertz CT molecular complexity index is 254. The van der Waals surface area contributed by atoms with Gasteiger partial charge in [0.15, 0.2) is 0 Å². The Labute approximate surface area is 134 Å². The van der Waals surface area contributed by atoms with Crippen molar-refractivity contribution in [1.82, 2.24) is 10.2 Å². The molecule has 0 aromatic heterocycles. The van der Waals surface area contributed by atoms with Crippen molar-refractivity contribution in [3.05, 3.63) is 0 Å². The van der Waals surface area contributed by atoms with E-state index in [1.54, 1.807) is 0 Å². The lowest BCUT2D eigenvalue weighted by Crippen LogP contribution is -2.60. The maximum absolute atomic E-state index is 3.94. The van der Waals surface area contributed by atoms with E-state index in [0.717, 1.165) is 5.92 Å². The molecule has 0 bridgehead atoms. The number of likely N-dealkylation sites (tertiary alicyclic amines) is 1. The summed E-state index contributed by atoms with van der Waals surface area (Å²) in [5.74, 6) is 0.837. The van der Waals surface area contributed by atoms with Crippen molar-refractivity contribution in [2.24, 2.45) is 5.92 Å². The summed E-state index contributed by atoms with van der Waals surface area (Å²) in [5, 5.41) is 3.94. The molecule has 1 saturated heterocycles. The molecule has 0 amide bonds. The van der Waals surface area contributed by atoms with Crippen LogP contribution < -0.4 is 5.32 Å². The molecule has 0 spiro atoms. The molecule has 1 fully saturated rings. The number of hydrogen-bond acceptors (Lipinski definition) is 2. The molecule has 0 saturated carbocycles. The number of hydrogen-bond donors (Lipinski definition) is 1. The van der Waals surface area contributed by atoms with Gasteiger partial charge in [0, 0.05) is 11.6 Å². The second-order valence-electron chi connectivity index (χ2n) is 7.14. The lowest BCUT2D eigenvalue weighted by atomic mass is 9.78. The molecular formula is C19H40N2. The zero-order chi connectivity index (χ0) is 15.7. The van der Waals surface area contributed by atoms with Gasteiger partial charge in [0.05, 0.1) is 0 Å². The maximum atomic E-state index is 3.94. The SMILES string of the molecule is CCCNC(CC(C)CCC)C(CC)(CC)N1CCCC1. The van der Waals surface area contributed by atoms with Gasteiger partial charge in [-0.25, -0.2) is 0 Å². The van der Waals surface area contributed by atoms with Gasteiger partial charge < -0.3 is 5.32 Å². The van der Waals surface area contributed by atoms with Crippen molar-refractivity contribution < 1.29 is 0 Å². The fourth-order valence-corrected chi connectivity index (χ4v) is 4.40. The van der Waals surface area contributed by atoms with Crippen LogP contribution in [0.5, 0.6) is 0 Å². The van der Waals surface area contributed by atoms with Gasteiger partial charge in [0.25, 0.3) is 0 Å². The van der Waals surface area contributed by atoms with Crippen molar-refractivity contribution in [3.8, 4) is 0 Å². The van der Waals surface area contributed by atoms with E-state index in [4.69, 9.17) is 0 Å². The topological polar surface area (TPSA) is 15.3 Å². The smallest absolute Gasteiger partial charge is 0.0357 e. The fourth-order valence-electron chi connectivity index (χ4n) is 4.40. The van der Waals surface area contributed by atoms with E-state index in [2.05, 4.69) is 44.8 Å².